The van der Waals surface area contributed by atoms with Crippen LogP contribution in [0.25, 0.3) is 10.9 Å². The first-order valence-corrected chi connectivity index (χ1v) is 12.7. The summed E-state index contributed by atoms with van der Waals surface area (Å²) in [4.78, 5) is 13.8. The van der Waals surface area contributed by atoms with E-state index in [1.165, 1.54) is 12.1 Å². The molecular weight excluding hydrogens is 514 g/mol. The zero-order valence-electron chi connectivity index (χ0n) is 21.7. The van der Waals surface area contributed by atoms with Crippen molar-refractivity contribution in [2.24, 2.45) is 0 Å². The number of hydrogen-bond acceptors (Lipinski definition) is 5. The highest BCUT2D eigenvalue weighted by Gasteiger charge is 2.31. The number of phenols is 1. The molecule has 0 unspecified atom stereocenters. The molecule has 1 amide bonds. The van der Waals surface area contributed by atoms with Gasteiger partial charge in [-0.25, -0.2) is 4.39 Å². The minimum atomic E-state index is -4.47. The van der Waals surface area contributed by atoms with Crippen molar-refractivity contribution in [3.8, 4) is 17.6 Å². The van der Waals surface area contributed by atoms with Gasteiger partial charge in [0.2, 0.25) is 0 Å². The van der Waals surface area contributed by atoms with Crippen LogP contribution in [-0.2, 0) is 6.54 Å². The fourth-order valence-corrected chi connectivity index (χ4v) is 4.64. The summed E-state index contributed by atoms with van der Waals surface area (Å²) in [6.07, 6.45) is -5.00. The van der Waals surface area contributed by atoms with E-state index in [1.54, 1.807) is 37.3 Å². The minimum absolute atomic E-state index is 0.0336. The number of nitrogens with zero attached hydrogens (tertiary/aromatic N) is 2. The second-order valence-corrected chi connectivity index (χ2v) is 9.53. The lowest BCUT2D eigenvalue weighted by molar-refractivity contribution is -0.140. The fraction of sp³-hybridized carbons (Fsp3) is 0.393. The number of piperidine rings is 1. The van der Waals surface area contributed by atoms with E-state index in [9.17, 15) is 27.5 Å². The summed E-state index contributed by atoms with van der Waals surface area (Å²) >= 11 is 0. The molecule has 4 rings (SSSR count). The van der Waals surface area contributed by atoms with Gasteiger partial charge in [-0.05, 0) is 62.7 Å². The highest BCUT2D eigenvalue weighted by molar-refractivity contribution is 5.95. The molecule has 2 aromatic carbocycles. The average Bonchev–Trinajstić information content (AvgIpc) is 3.21. The molecular formula is C28H31F4N5O2. The Morgan fingerprint density at radius 3 is 2.67 bits per heavy atom. The lowest BCUT2D eigenvalue weighted by atomic mass is 10.0. The zero-order valence-corrected chi connectivity index (χ0v) is 21.7. The summed E-state index contributed by atoms with van der Waals surface area (Å²) < 4.78 is 56.2. The van der Waals surface area contributed by atoms with Gasteiger partial charge in [-0.1, -0.05) is 12.0 Å². The van der Waals surface area contributed by atoms with Crippen molar-refractivity contribution in [1.29, 1.82) is 0 Å². The standard InChI is InChI=1S/C28H31F4N5O2/c1-3-33-27(39)18-9-10-24(26(38)14-18)34-12-5-6-19-15-20-22(35-23-11-13-36(2)16-21(23)29)7-4-8-25(20)37(19)17-28(30,31)32/h4,7-10,14-15,21,23,34-35,38H,3,11-13,16-17H2,1-2H3,(H,33,39)/t21-,23+/m0/s1. The largest absolute Gasteiger partial charge is 0.506 e. The van der Waals surface area contributed by atoms with Crippen LogP contribution < -0.4 is 16.0 Å². The van der Waals surface area contributed by atoms with Crippen LogP contribution in [0.2, 0.25) is 0 Å². The summed E-state index contributed by atoms with van der Waals surface area (Å²) in [6, 6.07) is 10.5. The van der Waals surface area contributed by atoms with E-state index < -0.39 is 24.9 Å². The number of anilines is 2. The van der Waals surface area contributed by atoms with Gasteiger partial charge in [0.25, 0.3) is 5.91 Å². The number of fused-ring (bicyclic) bond motifs is 1. The highest BCUT2D eigenvalue weighted by atomic mass is 19.4. The first kappa shape index (κ1) is 28.1. The van der Waals surface area contributed by atoms with Crippen molar-refractivity contribution in [2.45, 2.75) is 38.3 Å². The maximum Gasteiger partial charge on any atom is 0.406 e. The molecule has 0 bridgehead atoms. The molecule has 1 aliphatic heterocycles. The van der Waals surface area contributed by atoms with E-state index in [4.69, 9.17) is 0 Å². The van der Waals surface area contributed by atoms with Crippen LogP contribution in [0.3, 0.4) is 0 Å². The SMILES string of the molecule is CCNC(=O)c1ccc(NCC#Cc2cc3c(N[C@@H]4CCN(C)C[C@@H]4F)cccc3n2CC(F)(F)F)c(O)c1. The molecule has 1 aromatic heterocycles. The van der Waals surface area contributed by atoms with Crippen molar-refractivity contribution < 1.29 is 27.5 Å². The number of aromatic hydroxyl groups is 1. The molecule has 0 radical (unpaired) electrons. The van der Waals surface area contributed by atoms with Crippen LogP contribution in [0.1, 0.15) is 29.4 Å². The van der Waals surface area contributed by atoms with Gasteiger partial charge < -0.3 is 30.5 Å². The van der Waals surface area contributed by atoms with Crippen LogP contribution in [0.15, 0.2) is 42.5 Å². The Morgan fingerprint density at radius 2 is 1.97 bits per heavy atom. The molecule has 2 atom stereocenters. The fourth-order valence-electron chi connectivity index (χ4n) is 4.64. The number of alkyl halides is 4. The first-order valence-electron chi connectivity index (χ1n) is 12.7. The summed E-state index contributed by atoms with van der Waals surface area (Å²) in [7, 11) is 1.85. The molecule has 4 N–H and O–H groups in total. The average molecular weight is 546 g/mol. The topological polar surface area (TPSA) is 81.6 Å². The number of aromatic nitrogens is 1. The molecule has 2 heterocycles. The van der Waals surface area contributed by atoms with Crippen molar-refractivity contribution in [1.82, 2.24) is 14.8 Å². The summed E-state index contributed by atoms with van der Waals surface area (Å²) in [5.74, 6) is 5.15. The quantitative estimate of drug-likeness (QED) is 0.199. The van der Waals surface area contributed by atoms with Gasteiger partial charge in [0, 0.05) is 36.3 Å². The van der Waals surface area contributed by atoms with Gasteiger partial charge >= 0.3 is 6.18 Å². The molecule has 7 nitrogen and oxygen atoms in total. The Kier molecular flexibility index (Phi) is 8.55. The summed E-state index contributed by atoms with van der Waals surface area (Å²) in [5.41, 5.74) is 1.69. The molecule has 0 spiro atoms. The molecule has 1 aliphatic rings. The Labute approximate surface area is 224 Å². The maximum atomic E-state index is 14.6. The third-order valence-corrected chi connectivity index (χ3v) is 6.55. The first-order chi connectivity index (χ1) is 18.6. The van der Waals surface area contributed by atoms with E-state index >= 15 is 0 Å². The number of phenolic OH excluding ortho intramolecular Hbond substituents is 1. The van der Waals surface area contributed by atoms with Gasteiger partial charge in [0.05, 0.1) is 29.5 Å². The number of nitrogens with one attached hydrogen (secondary N) is 3. The zero-order chi connectivity index (χ0) is 28.2. The summed E-state index contributed by atoms with van der Waals surface area (Å²) in [5, 5.41) is 19.5. The van der Waals surface area contributed by atoms with E-state index in [1.807, 2.05) is 11.9 Å². The van der Waals surface area contributed by atoms with E-state index in [0.717, 1.165) is 11.1 Å². The number of benzene rings is 2. The number of hydrogen-bond donors (Lipinski definition) is 4. The van der Waals surface area contributed by atoms with Crippen LogP contribution in [0.5, 0.6) is 5.75 Å². The van der Waals surface area contributed by atoms with Crippen LogP contribution in [-0.4, -0.2) is 72.1 Å². The van der Waals surface area contributed by atoms with Crippen LogP contribution >= 0.6 is 0 Å². The molecule has 208 valence electrons. The number of carbonyl (C=O) groups excluding carboxylic acids is 1. The Balaban J connectivity index is 1.56. The van der Waals surface area contributed by atoms with Gasteiger partial charge in [-0.2, -0.15) is 13.2 Å². The smallest absolute Gasteiger partial charge is 0.406 e. The van der Waals surface area contributed by atoms with Crippen molar-refractivity contribution in [3.05, 3.63) is 53.7 Å². The molecule has 1 saturated heterocycles. The molecule has 11 heteroatoms. The molecule has 0 saturated carbocycles. The molecule has 1 fully saturated rings. The lowest BCUT2D eigenvalue weighted by Crippen LogP contribution is -2.46. The van der Waals surface area contributed by atoms with E-state index in [-0.39, 0.29) is 30.4 Å². The third-order valence-electron chi connectivity index (χ3n) is 6.55. The second-order valence-electron chi connectivity index (χ2n) is 9.53. The Bertz CT molecular complexity index is 1390. The monoisotopic (exact) mass is 545 g/mol. The van der Waals surface area contributed by atoms with Crippen molar-refractivity contribution in [3.63, 3.8) is 0 Å². The normalized spacial score (nSPS) is 17.9. The van der Waals surface area contributed by atoms with E-state index in [0.29, 0.717) is 40.8 Å². The second kappa shape index (κ2) is 11.9. The van der Waals surface area contributed by atoms with E-state index in [2.05, 4.69) is 27.8 Å². The van der Waals surface area contributed by atoms with Gasteiger partial charge in [-0.15, -0.1) is 0 Å². The summed E-state index contributed by atoms with van der Waals surface area (Å²) in [6.45, 7) is 2.05. The third kappa shape index (κ3) is 6.95. The predicted molar refractivity (Wildman–Crippen MR) is 144 cm³/mol. The number of amides is 1. The minimum Gasteiger partial charge on any atom is -0.506 e. The maximum absolute atomic E-state index is 14.6. The van der Waals surface area contributed by atoms with Crippen LogP contribution in [0.4, 0.5) is 28.9 Å². The lowest BCUT2D eigenvalue weighted by Gasteiger charge is -2.33. The van der Waals surface area contributed by atoms with Gasteiger partial charge in [-0.3, -0.25) is 4.79 Å². The predicted octanol–water partition coefficient (Wildman–Crippen LogP) is 4.58. The number of carbonyl (C=O) groups is 1. The van der Waals surface area contributed by atoms with Crippen molar-refractivity contribution in [2.75, 3.05) is 43.9 Å². The molecule has 39 heavy (non-hydrogen) atoms. The Hall–Kier alpha value is -3.91. The number of rotatable bonds is 7. The number of likely N-dealkylation sites (tertiary alicyclic amines) is 1. The highest BCUT2D eigenvalue weighted by Crippen LogP contribution is 2.31. The van der Waals surface area contributed by atoms with Gasteiger partial charge in [0.1, 0.15) is 18.5 Å². The molecule has 0 aliphatic carbocycles. The number of halogens is 4. The van der Waals surface area contributed by atoms with Crippen molar-refractivity contribution >= 4 is 28.2 Å². The molecule has 3 aromatic rings. The van der Waals surface area contributed by atoms with Gasteiger partial charge in [0.15, 0.2) is 0 Å². The Morgan fingerprint density at radius 1 is 1.18 bits per heavy atom. The van der Waals surface area contributed by atoms with Crippen LogP contribution in [0, 0.1) is 11.8 Å².